The lowest BCUT2D eigenvalue weighted by atomic mass is 9.70. The van der Waals surface area contributed by atoms with Crippen LogP contribution in [0.5, 0.6) is 0 Å². The van der Waals surface area contributed by atoms with E-state index >= 15 is 0 Å². The number of hydrogen-bond acceptors (Lipinski definition) is 2. The van der Waals surface area contributed by atoms with E-state index in [0.29, 0.717) is 28.5 Å². The fourth-order valence-corrected chi connectivity index (χ4v) is 3.63. The summed E-state index contributed by atoms with van der Waals surface area (Å²) in [5, 5.41) is 0. The third-order valence-corrected chi connectivity index (χ3v) is 5.26. The van der Waals surface area contributed by atoms with Crippen molar-refractivity contribution in [1.82, 2.24) is 0 Å². The number of ether oxygens (including phenoxy) is 1. The van der Waals surface area contributed by atoms with Gasteiger partial charge in [-0.25, -0.2) is 0 Å². The van der Waals surface area contributed by atoms with Crippen LogP contribution in [-0.4, -0.2) is 17.7 Å². The highest BCUT2D eigenvalue weighted by molar-refractivity contribution is 7.80. The summed E-state index contributed by atoms with van der Waals surface area (Å²) in [5.41, 5.74) is 6.22. The van der Waals surface area contributed by atoms with Crippen molar-refractivity contribution in [2.24, 2.45) is 22.5 Å². The molecule has 2 aliphatic rings. The van der Waals surface area contributed by atoms with Gasteiger partial charge in [-0.3, -0.25) is 0 Å². The molecule has 3 heteroatoms. The summed E-state index contributed by atoms with van der Waals surface area (Å²) in [5.74, 6) is 0.818. The SMILES string of the molecule is CC1(C)C2CCC1(C)C(OCC(N)=S)C2. The van der Waals surface area contributed by atoms with Crippen LogP contribution < -0.4 is 5.73 Å². The molecule has 86 valence electrons. The molecule has 0 spiro atoms. The zero-order valence-corrected chi connectivity index (χ0v) is 10.7. The van der Waals surface area contributed by atoms with Gasteiger partial charge in [-0.15, -0.1) is 0 Å². The number of thiocarbonyl (C=S) groups is 1. The number of rotatable bonds is 3. The summed E-state index contributed by atoms with van der Waals surface area (Å²) >= 11 is 4.86. The highest BCUT2D eigenvalue weighted by Gasteiger charge is 2.61. The highest BCUT2D eigenvalue weighted by Crippen LogP contribution is 2.66. The Kier molecular flexibility index (Phi) is 2.59. The van der Waals surface area contributed by atoms with Gasteiger partial charge in [0.25, 0.3) is 0 Å². The second-order valence-electron chi connectivity index (χ2n) is 5.88. The first kappa shape index (κ1) is 11.3. The molecule has 3 unspecified atom stereocenters. The zero-order valence-electron chi connectivity index (χ0n) is 9.88. The fraction of sp³-hybridized carbons (Fsp3) is 0.917. The van der Waals surface area contributed by atoms with E-state index in [9.17, 15) is 0 Å². The summed E-state index contributed by atoms with van der Waals surface area (Å²) in [7, 11) is 0. The van der Waals surface area contributed by atoms with Gasteiger partial charge in [-0.05, 0) is 36.0 Å². The van der Waals surface area contributed by atoms with E-state index in [0.717, 1.165) is 5.92 Å². The molecule has 0 heterocycles. The second-order valence-corrected chi connectivity index (χ2v) is 6.40. The van der Waals surface area contributed by atoms with E-state index in [1.807, 2.05) is 0 Å². The summed E-state index contributed by atoms with van der Waals surface area (Å²) in [6, 6.07) is 0. The largest absolute Gasteiger partial charge is 0.391 e. The topological polar surface area (TPSA) is 35.2 Å². The lowest BCUT2D eigenvalue weighted by molar-refractivity contribution is -0.0310. The third kappa shape index (κ3) is 1.51. The van der Waals surface area contributed by atoms with Crippen molar-refractivity contribution in [2.45, 2.75) is 46.1 Å². The monoisotopic (exact) mass is 227 g/mol. The Morgan fingerprint density at radius 2 is 2.13 bits per heavy atom. The Balaban J connectivity index is 2.09. The van der Waals surface area contributed by atoms with Crippen molar-refractivity contribution < 1.29 is 4.74 Å². The maximum Gasteiger partial charge on any atom is 0.0989 e. The van der Waals surface area contributed by atoms with Crippen molar-refractivity contribution in [3.05, 3.63) is 0 Å². The van der Waals surface area contributed by atoms with Crippen LogP contribution in [0.25, 0.3) is 0 Å². The summed E-state index contributed by atoms with van der Waals surface area (Å²) in [6.07, 6.45) is 4.18. The van der Waals surface area contributed by atoms with Gasteiger partial charge >= 0.3 is 0 Å². The Bertz CT molecular complexity index is 289. The fourth-order valence-electron chi connectivity index (χ4n) is 3.56. The first-order valence-corrected chi connectivity index (χ1v) is 6.18. The molecular formula is C12H21NOS. The predicted octanol–water partition coefficient (Wildman–Crippen LogP) is 2.50. The quantitative estimate of drug-likeness (QED) is 0.752. The average molecular weight is 227 g/mol. The van der Waals surface area contributed by atoms with Gasteiger partial charge in [-0.1, -0.05) is 33.0 Å². The smallest absolute Gasteiger partial charge is 0.0989 e. The molecule has 0 aromatic rings. The minimum Gasteiger partial charge on any atom is -0.391 e. The molecule has 2 N–H and O–H groups in total. The number of hydrogen-bond donors (Lipinski definition) is 1. The van der Waals surface area contributed by atoms with Crippen molar-refractivity contribution >= 4 is 17.2 Å². The number of fused-ring (bicyclic) bond motifs is 2. The third-order valence-electron chi connectivity index (χ3n) is 5.14. The van der Waals surface area contributed by atoms with Crippen LogP contribution in [0.3, 0.4) is 0 Å². The first-order chi connectivity index (χ1) is 6.88. The van der Waals surface area contributed by atoms with E-state index < -0.39 is 0 Å². The molecule has 2 nitrogen and oxygen atoms in total. The molecule has 0 aromatic heterocycles. The van der Waals surface area contributed by atoms with Crippen LogP contribution in [-0.2, 0) is 4.74 Å². The average Bonchev–Trinajstić information content (AvgIpc) is 2.46. The maximum atomic E-state index is 5.87. The van der Waals surface area contributed by atoms with Crippen molar-refractivity contribution in [3.63, 3.8) is 0 Å². The van der Waals surface area contributed by atoms with Crippen LogP contribution in [0.4, 0.5) is 0 Å². The van der Waals surface area contributed by atoms with Crippen LogP contribution in [0.15, 0.2) is 0 Å². The van der Waals surface area contributed by atoms with Gasteiger partial charge in [0.15, 0.2) is 0 Å². The standard InChI is InChI=1S/C12H21NOS/c1-11(2)8-4-5-12(11,3)9(6-8)14-7-10(13)15/h8-9H,4-7H2,1-3H3,(H2,13,15). The Morgan fingerprint density at radius 1 is 1.47 bits per heavy atom. The molecule has 15 heavy (non-hydrogen) atoms. The molecule has 0 aromatic carbocycles. The van der Waals surface area contributed by atoms with Crippen molar-refractivity contribution in [2.75, 3.05) is 6.61 Å². The Hall–Kier alpha value is -0.150. The molecule has 0 radical (unpaired) electrons. The lowest BCUT2D eigenvalue weighted by Gasteiger charge is -2.38. The van der Waals surface area contributed by atoms with Crippen molar-refractivity contribution in [3.8, 4) is 0 Å². The normalized spacial score (nSPS) is 42.1. The van der Waals surface area contributed by atoms with Gasteiger partial charge in [0.05, 0.1) is 17.7 Å². The second kappa shape index (κ2) is 3.42. The molecule has 2 rings (SSSR count). The molecule has 0 aliphatic heterocycles. The van der Waals surface area contributed by atoms with Gasteiger partial charge in [0.1, 0.15) is 0 Å². The predicted molar refractivity (Wildman–Crippen MR) is 65.8 cm³/mol. The number of nitrogens with two attached hydrogens (primary N) is 1. The molecule has 0 amide bonds. The highest BCUT2D eigenvalue weighted by atomic mass is 32.1. The molecule has 2 aliphatic carbocycles. The van der Waals surface area contributed by atoms with Crippen LogP contribution in [0.1, 0.15) is 40.0 Å². The lowest BCUT2D eigenvalue weighted by Crippen LogP contribution is -2.38. The van der Waals surface area contributed by atoms with E-state index in [-0.39, 0.29) is 0 Å². The van der Waals surface area contributed by atoms with Crippen LogP contribution in [0, 0.1) is 16.7 Å². The molecular weight excluding hydrogens is 206 g/mol. The van der Waals surface area contributed by atoms with E-state index in [2.05, 4.69) is 20.8 Å². The summed E-state index contributed by atoms with van der Waals surface area (Å²) in [6.45, 7) is 7.58. The molecule has 0 saturated heterocycles. The van der Waals surface area contributed by atoms with E-state index in [1.165, 1.54) is 19.3 Å². The minimum atomic E-state index is 0.322. The Morgan fingerprint density at radius 3 is 2.53 bits per heavy atom. The van der Waals surface area contributed by atoms with E-state index in [1.54, 1.807) is 0 Å². The molecule has 2 bridgehead atoms. The van der Waals surface area contributed by atoms with Crippen LogP contribution >= 0.6 is 12.2 Å². The zero-order chi connectivity index (χ0) is 11.3. The summed E-state index contributed by atoms with van der Waals surface area (Å²) < 4.78 is 5.87. The van der Waals surface area contributed by atoms with Gasteiger partial charge in [0.2, 0.25) is 0 Å². The maximum absolute atomic E-state index is 5.87. The molecule has 3 atom stereocenters. The van der Waals surface area contributed by atoms with E-state index in [4.69, 9.17) is 22.7 Å². The molecule has 2 fully saturated rings. The van der Waals surface area contributed by atoms with Gasteiger partial charge in [0, 0.05) is 0 Å². The van der Waals surface area contributed by atoms with Crippen LogP contribution in [0.2, 0.25) is 0 Å². The summed E-state index contributed by atoms with van der Waals surface area (Å²) in [4.78, 5) is 0.471. The first-order valence-electron chi connectivity index (χ1n) is 5.78. The Labute approximate surface area is 97.6 Å². The van der Waals surface area contributed by atoms with Crippen molar-refractivity contribution in [1.29, 1.82) is 0 Å². The van der Waals surface area contributed by atoms with Gasteiger partial charge < -0.3 is 10.5 Å². The molecule has 2 saturated carbocycles. The minimum absolute atomic E-state index is 0.322. The van der Waals surface area contributed by atoms with Gasteiger partial charge in [-0.2, -0.15) is 0 Å².